The number of aryl methyl sites for hydroxylation is 1. The molecule has 0 N–H and O–H groups in total. The molecule has 0 radical (unpaired) electrons. The van der Waals surface area contributed by atoms with Crippen LogP contribution in [0.4, 0.5) is 0 Å². The molecule has 0 bridgehead atoms. The topological polar surface area (TPSA) is 0 Å². The van der Waals surface area contributed by atoms with E-state index in [1.54, 1.807) is 11.3 Å². The van der Waals surface area contributed by atoms with Gasteiger partial charge in [-0.1, -0.05) is 28.1 Å². The summed E-state index contributed by atoms with van der Waals surface area (Å²) in [6.07, 6.45) is 2.22. The molecule has 0 spiro atoms. The maximum Gasteiger partial charge on any atom is 0.0292 e. The molecule has 0 amide bonds. The molecule has 0 aliphatic carbocycles. The number of benzene rings is 1. The Morgan fingerprint density at radius 3 is 2.53 bits per heavy atom. The minimum Gasteiger partial charge on any atom is -0.152 e. The van der Waals surface area contributed by atoms with Crippen LogP contribution in [-0.4, -0.2) is 5.88 Å². The summed E-state index contributed by atoms with van der Waals surface area (Å²) in [7, 11) is 0. The lowest BCUT2D eigenvalue weighted by atomic mass is 9.95. The zero-order valence-electron chi connectivity index (χ0n) is 9.40. The van der Waals surface area contributed by atoms with Crippen LogP contribution in [0.25, 0.3) is 0 Å². The van der Waals surface area contributed by atoms with Crippen LogP contribution in [0, 0.1) is 0 Å². The maximum absolute atomic E-state index is 6.07. The molecule has 3 heteroatoms. The molecule has 0 aliphatic heterocycles. The highest BCUT2D eigenvalue weighted by Crippen LogP contribution is 2.25. The van der Waals surface area contributed by atoms with Crippen molar-refractivity contribution in [2.75, 3.05) is 5.88 Å². The Labute approximate surface area is 120 Å². The third kappa shape index (κ3) is 3.84. The predicted molar refractivity (Wildman–Crippen MR) is 80.2 cm³/mol. The van der Waals surface area contributed by atoms with Crippen LogP contribution in [0.15, 0.2) is 45.6 Å². The van der Waals surface area contributed by atoms with Crippen LogP contribution in [0.5, 0.6) is 0 Å². The van der Waals surface area contributed by atoms with Gasteiger partial charge in [0.15, 0.2) is 0 Å². The first-order chi connectivity index (χ1) is 8.29. The lowest BCUT2D eigenvalue weighted by molar-refractivity contribution is 0.686. The van der Waals surface area contributed by atoms with E-state index < -0.39 is 0 Å². The Kier molecular flexibility index (Phi) is 5.08. The van der Waals surface area contributed by atoms with Crippen LogP contribution < -0.4 is 0 Å². The summed E-state index contributed by atoms with van der Waals surface area (Å²) < 4.78 is 1.12. The molecule has 0 fully saturated rings. The van der Waals surface area contributed by atoms with Gasteiger partial charge >= 0.3 is 0 Å². The second kappa shape index (κ2) is 6.58. The number of halogens is 2. The highest BCUT2D eigenvalue weighted by Gasteiger charge is 2.10. The molecule has 0 saturated heterocycles. The fourth-order valence-corrected chi connectivity index (χ4v) is 3.14. The Morgan fingerprint density at radius 2 is 1.94 bits per heavy atom. The van der Waals surface area contributed by atoms with E-state index in [0.29, 0.717) is 11.8 Å². The van der Waals surface area contributed by atoms with Gasteiger partial charge in [-0.05, 0) is 58.8 Å². The van der Waals surface area contributed by atoms with Crippen molar-refractivity contribution < 1.29 is 0 Å². The summed E-state index contributed by atoms with van der Waals surface area (Å²) in [5.74, 6) is 1.14. The van der Waals surface area contributed by atoms with Gasteiger partial charge in [0.2, 0.25) is 0 Å². The fraction of sp³-hybridized carbons (Fsp3) is 0.286. The van der Waals surface area contributed by atoms with Crippen molar-refractivity contribution >= 4 is 38.9 Å². The molecule has 2 aromatic rings. The van der Waals surface area contributed by atoms with Gasteiger partial charge in [-0.15, -0.1) is 11.6 Å². The molecular formula is C14H14BrClS. The largest absolute Gasteiger partial charge is 0.152 e. The zero-order chi connectivity index (χ0) is 12.1. The monoisotopic (exact) mass is 328 g/mol. The van der Waals surface area contributed by atoms with E-state index >= 15 is 0 Å². The second-order valence-corrected chi connectivity index (χ2v) is 6.08. The van der Waals surface area contributed by atoms with E-state index in [9.17, 15) is 0 Å². The summed E-state index contributed by atoms with van der Waals surface area (Å²) in [5, 5.41) is 4.34. The Balaban J connectivity index is 1.99. The zero-order valence-corrected chi connectivity index (χ0v) is 12.6. The van der Waals surface area contributed by atoms with Gasteiger partial charge in [-0.2, -0.15) is 11.3 Å². The molecule has 90 valence electrons. The number of hydrogen-bond donors (Lipinski definition) is 0. The van der Waals surface area contributed by atoms with Gasteiger partial charge in [0.1, 0.15) is 0 Å². The molecule has 0 aliphatic rings. The summed E-state index contributed by atoms with van der Waals surface area (Å²) in [4.78, 5) is 0. The molecule has 1 heterocycles. The number of hydrogen-bond acceptors (Lipinski definition) is 1. The van der Waals surface area contributed by atoms with Crippen LogP contribution in [0.1, 0.15) is 23.5 Å². The molecule has 1 aromatic heterocycles. The highest BCUT2D eigenvalue weighted by atomic mass is 79.9. The SMILES string of the molecule is ClCC(CCc1ccsc1)c1ccc(Br)cc1. The molecule has 1 aromatic carbocycles. The predicted octanol–water partition coefficient (Wildman–Crippen LogP) is 5.47. The van der Waals surface area contributed by atoms with Gasteiger partial charge in [0.25, 0.3) is 0 Å². The first-order valence-corrected chi connectivity index (χ1v) is 7.89. The Hall–Kier alpha value is -0.310. The lowest BCUT2D eigenvalue weighted by Crippen LogP contribution is -2.02. The van der Waals surface area contributed by atoms with Gasteiger partial charge in [0.05, 0.1) is 0 Å². The summed E-state index contributed by atoms with van der Waals surface area (Å²) in [5.41, 5.74) is 2.75. The quantitative estimate of drug-likeness (QED) is 0.638. The average molecular weight is 330 g/mol. The van der Waals surface area contributed by atoms with Gasteiger partial charge in [0, 0.05) is 10.4 Å². The third-order valence-electron chi connectivity index (χ3n) is 2.89. The van der Waals surface area contributed by atoms with Crippen LogP contribution in [0.2, 0.25) is 0 Å². The first-order valence-electron chi connectivity index (χ1n) is 5.62. The van der Waals surface area contributed by atoms with Crippen LogP contribution in [-0.2, 0) is 6.42 Å². The molecule has 0 saturated carbocycles. The van der Waals surface area contributed by atoms with Crippen molar-refractivity contribution in [2.24, 2.45) is 0 Å². The lowest BCUT2D eigenvalue weighted by Gasteiger charge is -2.13. The Bertz CT molecular complexity index is 436. The van der Waals surface area contributed by atoms with Gasteiger partial charge in [-0.25, -0.2) is 0 Å². The van der Waals surface area contributed by atoms with E-state index in [1.165, 1.54) is 11.1 Å². The number of rotatable bonds is 5. The van der Waals surface area contributed by atoms with Crippen molar-refractivity contribution in [1.29, 1.82) is 0 Å². The molecular weight excluding hydrogens is 316 g/mol. The molecule has 17 heavy (non-hydrogen) atoms. The summed E-state index contributed by atoms with van der Waals surface area (Å²) in [6.45, 7) is 0. The van der Waals surface area contributed by atoms with Crippen molar-refractivity contribution in [3.8, 4) is 0 Å². The molecule has 1 atom stereocenters. The van der Waals surface area contributed by atoms with E-state index in [0.717, 1.165) is 17.3 Å². The minimum absolute atomic E-state index is 0.449. The molecule has 2 rings (SSSR count). The first kappa shape index (κ1) is 13.1. The van der Waals surface area contributed by atoms with Gasteiger partial charge < -0.3 is 0 Å². The van der Waals surface area contributed by atoms with Crippen molar-refractivity contribution in [2.45, 2.75) is 18.8 Å². The van der Waals surface area contributed by atoms with E-state index in [2.05, 4.69) is 57.0 Å². The standard InChI is InChI=1S/C14H14BrClS/c15-14-5-3-12(4-6-14)13(9-16)2-1-11-7-8-17-10-11/h3-8,10,13H,1-2,9H2. The van der Waals surface area contributed by atoms with Crippen LogP contribution >= 0.6 is 38.9 Å². The van der Waals surface area contributed by atoms with Crippen molar-refractivity contribution in [3.05, 3.63) is 56.7 Å². The fourth-order valence-electron chi connectivity index (χ4n) is 1.84. The normalized spacial score (nSPS) is 12.6. The highest BCUT2D eigenvalue weighted by molar-refractivity contribution is 9.10. The third-order valence-corrected chi connectivity index (χ3v) is 4.52. The summed E-state index contributed by atoms with van der Waals surface area (Å²) >= 11 is 11.3. The Morgan fingerprint density at radius 1 is 1.18 bits per heavy atom. The maximum atomic E-state index is 6.07. The van der Waals surface area contributed by atoms with E-state index in [-0.39, 0.29) is 0 Å². The summed E-state index contributed by atoms with van der Waals surface area (Å²) in [6, 6.07) is 10.7. The smallest absolute Gasteiger partial charge is 0.0292 e. The van der Waals surface area contributed by atoms with Crippen molar-refractivity contribution in [3.63, 3.8) is 0 Å². The average Bonchev–Trinajstić information content (AvgIpc) is 2.85. The minimum atomic E-state index is 0.449. The number of alkyl halides is 1. The van der Waals surface area contributed by atoms with Crippen LogP contribution in [0.3, 0.4) is 0 Å². The molecule has 0 nitrogen and oxygen atoms in total. The number of thiophene rings is 1. The van der Waals surface area contributed by atoms with E-state index in [4.69, 9.17) is 11.6 Å². The second-order valence-electron chi connectivity index (χ2n) is 4.07. The molecule has 1 unspecified atom stereocenters. The van der Waals surface area contributed by atoms with Gasteiger partial charge in [-0.3, -0.25) is 0 Å². The van der Waals surface area contributed by atoms with E-state index in [1.807, 2.05) is 0 Å². The van der Waals surface area contributed by atoms with Crippen molar-refractivity contribution in [1.82, 2.24) is 0 Å².